The van der Waals surface area contributed by atoms with E-state index in [-0.39, 0.29) is 34.9 Å². The molecule has 64 heavy (non-hydrogen) atoms. The van der Waals surface area contributed by atoms with Gasteiger partial charge >= 0.3 is 30.0 Å². The first-order chi connectivity index (χ1) is 29.7. The molecule has 348 valence electrons. The molecule has 6 rings (SSSR count). The van der Waals surface area contributed by atoms with E-state index in [4.69, 9.17) is 34.0 Å². The number of carbonyl (C=O) groups excluding carboxylic acids is 6. The quantitative estimate of drug-likeness (QED) is 0.0591. The van der Waals surface area contributed by atoms with Crippen molar-refractivity contribution in [3.05, 3.63) is 63.6 Å². The monoisotopic (exact) mass is 902 g/mol. The number of esters is 4. The maximum absolute atomic E-state index is 15.6. The number of hydrogen-bond acceptors (Lipinski definition) is 16. The second-order valence-corrected chi connectivity index (χ2v) is 18.7. The standard InChI is InChI=1S/C43H52F2N4O15/c1-19-25(60-37(56)30(52)24(15-28(44)45)47-38(57)64-39(3,4)5)17-43(58)34(62-36(55)22-10-9-11-23(14-22)48-49-46)32-41(8,26(51)16-27-42(32,18-59-27)63-20(2)50)33(53)31(29(19)40(43,6)7)61-35(54)21-12-13-21/h9-11,14-15,21,24-27,30-32,34,51-52,58H,12-13,16-18H2,1-8H3,(H,47,57)/t24-,25-,26-,27+,30+,31+,32-,34-,41+,42-,43+/m0/s1. The van der Waals surface area contributed by atoms with Gasteiger partial charge < -0.3 is 49.1 Å². The van der Waals surface area contributed by atoms with Crippen LogP contribution in [0.15, 0.2) is 52.7 Å². The molecule has 1 amide bonds. The van der Waals surface area contributed by atoms with Crippen molar-refractivity contribution < 1.29 is 81.3 Å². The lowest BCUT2D eigenvalue weighted by atomic mass is 9.44. The van der Waals surface area contributed by atoms with Gasteiger partial charge in [-0.1, -0.05) is 31.1 Å². The summed E-state index contributed by atoms with van der Waals surface area (Å²) in [7, 11) is 0. The van der Waals surface area contributed by atoms with E-state index in [1.807, 2.05) is 5.32 Å². The summed E-state index contributed by atoms with van der Waals surface area (Å²) in [5.74, 6) is -7.69. The van der Waals surface area contributed by atoms with E-state index in [0.717, 1.165) is 6.92 Å². The van der Waals surface area contributed by atoms with Crippen molar-refractivity contribution in [3.63, 3.8) is 0 Å². The highest BCUT2D eigenvalue weighted by Crippen LogP contribution is 2.64. The van der Waals surface area contributed by atoms with Gasteiger partial charge in [-0.25, -0.2) is 14.4 Å². The molecule has 1 heterocycles. The number of nitrogens with one attached hydrogen (secondary N) is 1. The molecule has 1 aliphatic heterocycles. The third kappa shape index (κ3) is 8.58. The van der Waals surface area contributed by atoms with E-state index in [2.05, 4.69) is 10.0 Å². The summed E-state index contributed by atoms with van der Waals surface area (Å²) in [6, 6.07) is 3.14. The summed E-state index contributed by atoms with van der Waals surface area (Å²) in [5.41, 5.74) is -0.883. The topological polar surface area (TPSA) is 279 Å². The van der Waals surface area contributed by atoms with E-state index in [9.17, 15) is 48.1 Å². The molecule has 1 aromatic rings. The van der Waals surface area contributed by atoms with Gasteiger partial charge in [-0.2, -0.15) is 8.78 Å². The third-order valence-electron chi connectivity index (χ3n) is 13.1. The number of benzene rings is 1. The van der Waals surface area contributed by atoms with Gasteiger partial charge in [0.1, 0.15) is 29.5 Å². The fraction of sp³-hybridized carbons (Fsp3) is 0.628. The molecular weight excluding hydrogens is 850 g/mol. The summed E-state index contributed by atoms with van der Waals surface area (Å²) in [6.45, 7) is 10.7. The second-order valence-electron chi connectivity index (χ2n) is 18.7. The summed E-state index contributed by atoms with van der Waals surface area (Å²) in [4.78, 5) is 86.0. The largest absolute Gasteiger partial charge is 0.456 e. The number of azide groups is 1. The smallest absolute Gasteiger partial charge is 0.408 e. The van der Waals surface area contributed by atoms with Crippen LogP contribution in [0.4, 0.5) is 19.3 Å². The van der Waals surface area contributed by atoms with Crippen LogP contribution >= 0.6 is 0 Å². The van der Waals surface area contributed by atoms with Gasteiger partial charge in [0.25, 0.3) is 6.08 Å². The van der Waals surface area contributed by atoms with Crippen LogP contribution in [0.3, 0.4) is 0 Å². The van der Waals surface area contributed by atoms with Gasteiger partial charge in [0.15, 0.2) is 23.6 Å². The lowest BCUT2D eigenvalue weighted by Crippen LogP contribution is -2.82. The minimum Gasteiger partial charge on any atom is -0.456 e. The lowest BCUT2D eigenvalue weighted by molar-refractivity contribution is -0.346. The van der Waals surface area contributed by atoms with Crippen LogP contribution in [-0.4, -0.2) is 117 Å². The summed E-state index contributed by atoms with van der Waals surface area (Å²) < 4.78 is 62.5. The number of rotatable bonds is 11. The second kappa shape index (κ2) is 17.2. The zero-order valence-electron chi connectivity index (χ0n) is 36.5. The van der Waals surface area contributed by atoms with Crippen LogP contribution in [0.25, 0.3) is 10.4 Å². The number of halogens is 2. The predicted molar refractivity (Wildman–Crippen MR) is 214 cm³/mol. The van der Waals surface area contributed by atoms with Crippen molar-refractivity contribution in [2.24, 2.45) is 27.8 Å². The molecule has 1 saturated heterocycles. The van der Waals surface area contributed by atoms with Crippen molar-refractivity contribution in [1.29, 1.82) is 0 Å². The minimum absolute atomic E-state index is 0.0000767. The molecule has 0 unspecified atom stereocenters. The molecule has 2 bridgehead atoms. The van der Waals surface area contributed by atoms with Crippen molar-refractivity contribution in [2.45, 2.75) is 141 Å². The number of fused-ring (bicyclic) bond motifs is 5. The van der Waals surface area contributed by atoms with Gasteiger partial charge in [0.05, 0.1) is 41.6 Å². The Morgan fingerprint density at radius 2 is 1.77 bits per heavy atom. The zero-order chi connectivity index (χ0) is 47.5. The van der Waals surface area contributed by atoms with E-state index in [1.54, 1.807) is 0 Å². The first kappa shape index (κ1) is 48.0. The molecule has 3 saturated carbocycles. The average Bonchev–Trinajstić information content (AvgIpc) is 4.04. The lowest BCUT2D eigenvalue weighted by Gasteiger charge is -2.67. The van der Waals surface area contributed by atoms with E-state index in [0.29, 0.717) is 12.8 Å². The maximum Gasteiger partial charge on any atom is 0.408 e. The van der Waals surface area contributed by atoms with Crippen molar-refractivity contribution in [2.75, 3.05) is 6.61 Å². The Morgan fingerprint density at radius 1 is 1.09 bits per heavy atom. The molecule has 1 aromatic carbocycles. The zero-order valence-corrected chi connectivity index (χ0v) is 36.5. The molecule has 5 aliphatic rings. The van der Waals surface area contributed by atoms with E-state index >= 15 is 4.79 Å². The summed E-state index contributed by atoms with van der Waals surface area (Å²) >= 11 is 0. The van der Waals surface area contributed by atoms with Gasteiger partial charge in [0, 0.05) is 41.9 Å². The van der Waals surface area contributed by atoms with Crippen LogP contribution in [0.5, 0.6) is 0 Å². The van der Waals surface area contributed by atoms with Crippen molar-refractivity contribution in [1.82, 2.24) is 5.32 Å². The highest BCUT2D eigenvalue weighted by atomic mass is 19.3. The predicted octanol–water partition coefficient (Wildman–Crippen LogP) is 4.57. The Balaban J connectivity index is 1.56. The molecule has 4 fully saturated rings. The number of Topliss-reactive ketones (excluding diaryl/α,β-unsaturated/α-hetero) is 1. The molecule has 0 aromatic heterocycles. The summed E-state index contributed by atoms with van der Waals surface area (Å²) in [6.07, 6.45) is -14.8. The molecule has 19 nitrogen and oxygen atoms in total. The number of nitrogens with zero attached hydrogens (tertiary/aromatic N) is 3. The Labute approximate surface area is 366 Å². The van der Waals surface area contributed by atoms with Crippen LogP contribution in [-0.2, 0) is 47.6 Å². The molecule has 4 aliphatic carbocycles. The Bertz CT molecular complexity index is 2230. The normalized spacial score (nSPS) is 32.5. The molecule has 0 radical (unpaired) electrons. The fourth-order valence-electron chi connectivity index (χ4n) is 9.70. The number of aliphatic hydroxyl groups is 3. The summed E-state index contributed by atoms with van der Waals surface area (Å²) in [5, 5.41) is 42.5. The van der Waals surface area contributed by atoms with Gasteiger partial charge in [-0.3, -0.25) is 14.4 Å². The Morgan fingerprint density at radius 3 is 2.33 bits per heavy atom. The van der Waals surface area contributed by atoms with Crippen LogP contribution in [0.2, 0.25) is 0 Å². The average molecular weight is 903 g/mol. The van der Waals surface area contributed by atoms with Gasteiger partial charge in [0.2, 0.25) is 0 Å². The highest BCUT2D eigenvalue weighted by Gasteiger charge is 2.78. The number of alkyl carbamates (subject to hydrolysis) is 1. The Hall–Kier alpha value is -5.47. The number of aliphatic hydroxyl groups excluding tert-OH is 2. The van der Waals surface area contributed by atoms with Gasteiger partial charge in [-0.15, -0.1) is 0 Å². The fourth-order valence-corrected chi connectivity index (χ4v) is 9.70. The van der Waals surface area contributed by atoms with Crippen LogP contribution in [0.1, 0.15) is 91.4 Å². The third-order valence-corrected chi connectivity index (χ3v) is 13.1. The maximum atomic E-state index is 15.6. The Kier molecular flexibility index (Phi) is 12.9. The molecule has 11 atom stereocenters. The molecule has 4 N–H and O–H groups in total. The number of hydrogen-bond donors (Lipinski definition) is 4. The van der Waals surface area contributed by atoms with Crippen LogP contribution in [0, 0.1) is 22.7 Å². The highest BCUT2D eigenvalue weighted by molar-refractivity contribution is 5.96. The molecule has 21 heteroatoms. The number of ether oxygens (including phenoxy) is 6. The van der Waals surface area contributed by atoms with E-state index < -0.39 is 137 Å². The first-order valence-corrected chi connectivity index (χ1v) is 20.7. The number of ketones is 1. The minimum atomic E-state index is -2.59. The number of carbonyl (C=O) groups is 6. The molecular formula is C43H52F2N4O15. The van der Waals surface area contributed by atoms with Crippen LogP contribution < -0.4 is 5.32 Å². The number of amides is 1. The van der Waals surface area contributed by atoms with Gasteiger partial charge in [-0.05, 0) is 76.3 Å². The van der Waals surface area contributed by atoms with Crippen molar-refractivity contribution in [3.8, 4) is 0 Å². The van der Waals surface area contributed by atoms with E-state index in [1.165, 1.54) is 72.7 Å². The first-order valence-electron chi connectivity index (χ1n) is 20.7. The molecule has 0 spiro atoms. The van der Waals surface area contributed by atoms with Crippen molar-refractivity contribution >= 4 is 41.4 Å². The SMILES string of the molecule is CC(=O)O[C@@]12CO[C@@H]1C[C@H](O)[C@@]1(C)C(=O)[C@H](OC(=O)C3CC3)C3=C(C)[C@@H](OC(=O)[C@H](O)[C@H](C=C(F)F)NC(=O)OC(C)(C)C)C[C@@](O)([C@@H](OC(=O)c4cccc(N=[N+]=[N-])c4)[C@H]21)C3(C)C.